The Labute approximate surface area is 100 Å². The second kappa shape index (κ2) is 5.94. The van der Waals surface area contributed by atoms with Gasteiger partial charge in [0.1, 0.15) is 5.78 Å². The monoisotopic (exact) mass is 233 g/mol. The van der Waals surface area contributed by atoms with E-state index in [9.17, 15) is 14.4 Å². The fourth-order valence-electron chi connectivity index (χ4n) is 1.19. The largest absolute Gasteiger partial charge is 0.299 e. The van der Waals surface area contributed by atoms with Crippen LogP contribution in [-0.4, -0.2) is 17.6 Å². The highest BCUT2D eigenvalue weighted by Crippen LogP contribution is 2.00. The van der Waals surface area contributed by atoms with Crippen molar-refractivity contribution in [3.63, 3.8) is 0 Å². The molecule has 0 spiro atoms. The first kappa shape index (κ1) is 13.1. The number of nitrogens with one attached hydrogen (secondary N) is 1. The third-order valence-electron chi connectivity index (χ3n) is 2.27. The number of hydrogen-bond donors (Lipinski definition) is 1. The summed E-state index contributed by atoms with van der Waals surface area (Å²) < 4.78 is 0. The van der Waals surface area contributed by atoms with Crippen LogP contribution in [0.25, 0.3) is 0 Å². The average molecular weight is 233 g/mol. The summed E-state index contributed by atoms with van der Waals surface area (Å²) in [5.74, 6) is -1.42. The zero-order valence-corrected chi connectivity index (χ0v) is 9.90. The van der Waals surface area contributed by atoms with Gasteiger partial charge < -0.3 is 0 Å². The van der Waals surface area contributed by atoms with Crippen molar-refractivity contribution < 1.29 is 14.4 Å². The Balaban J connectivity index is 2.53. The molecular formula is C13H15NO3. The molecule has 0 bridgehead atoms. The van der Waals surface area contributed by atoms with Gasteiger partial charge in [-0.15, -0.1) is 0 Å². The molecule has 1 aromatic rings. The SMILES string of the molecule is CC(C)C(=O)CC(=O)NC(=O)c1ccccc1. The highest BCUT2D eigenvalue weighted by atomic mass is 16.2. The van der Waals surface area contributed by atoms with Crippen molar-refractivity contribution in [2.75, 3.05) is 0 Å². The van der Waals surface area contributed by atoms with Gasteiger partial charge in [0.05, 0.1) is 6.42 Å². The minimum atomic E-state index is -0.558. The van der Waals surface area contributed by atoms with Crippen LogP contribution < -0.4 is 5.32 Å². The molecule has 0 saturated heterocycles. The molecule has 0 aliphatic heterocycles. The van der Waals surface area contributed by atoms with Crippen LogP contribution in [0.1, 0.15) is 30.6 Å². The van der Waals surface area contributed by atoms with Gasteiger partial charge in [-0.25, -0.2) is 0 Å². The molecule has 1 rings (SSSR count). The molecule has 0 unspecified atom stereocenters. The van der Waals surface area contributed by atoms with Crippen molar-refractivity contribution in [1.82, 2.24) is 5.32 Å². The summed E-state index contributed by atoms with van der Waals surface area (Å²) in [5.41, 5.74) is 0.401. The summed E-state index contributed by atoms with van der Waals surface area (Å²) in [4.78, 5) is 34.3. The van der Waals surface area contributed by atoms with Crippen LogP contribution in [0, 0.1) is 5.92 Å². The minimum Gasteiger partial charge on any atom is -0.299 e. The first-order valence-electron chi connectivity index (χ1n) is 5.42. The highest BCUT2D eigenvalue weighted by molar-refractivity contribution is 6.09. The first-order chi connectivity index (χ1) is 8.00. The third-order valence-corrected chi connectivity index (χ3v) is 2.27. The smallest absolute Gasteiger partial charge is 0.257 e. The number of benzene rings is 1. The lowest BCUT2D eigenvalue weighted by Gasteiger charge is -2.05. The maximum absolute atomic E-state index is 11.6. The van der Waals surface area contributed by atoms with E-state index in [-0.39, 0.29) is 18.1 Å². The fraction of sp³-hybridized carbons (Fsp3) is 0.308. The Kier molecular flexibility index (Phi) is 4.57. The van der Waals surface area contributed by atoms with E-state index in [0.29, 0.717) is 5.56 Å². The molecule has 4 heteroatoms. The van der Waals surface area contributed by atoms with E-state index in [1.54, 1.807) is 44.2 Å². The van der Waals surface area contributed by atoms with Gasteiger partial charge in [0, 0.05) is 11.5 Å². The number of hydrogen-bond acceptors (Lipinski definition) is 3. The fourth-order valence-corrected chi connectivity index (χ4v) is 1.19. The molecule has 0 aromatic heterocycles. The number of carbonyl (C=O) groups excluding carboxylic acids is 3. The molecule has 1 N–H and O–H groups in total. The zero-order valence-electron chi connectivity index (χ0n) is 9.90. The van der Waals surface area contributed by atoms with Crippen molar-refractivity contribution in [2.45, 2.75) is 20.3 Å². The van der Waals surface area contributed by atoms with Gasteiger partial charge in [-0.1, -0.05) is 32.0 Å². The predicted molar refractivity (Wildman–Crippen MR) is 63.4 cm³/mol. The summed E-state index contributed by atoms with van der Waals surface area (Å²) in [6.07, 6.45) is -0.254. The molecule has 0 radical (unpaired) electrons. The molecule has 0 fully saturated rings. The molecule has 0 aliphatic carbocycles. The summed E-state index contributed by atoms with van der Waals surface area (Å²) >= 11 is 0. The summed E-state index contributed by atoms with van der Waals surface area (Å²) in [5, 5.41) is 2.18. The summed E-state index contributed by atoms with van der Waals surface area (Å²) in [6, 6.07) is 8.40. The van der Waals surface area contributed by atoms with Crippen molar-refractivity contribution >= 4 is 17.6 Å². The Hall–Kier alpha value is -1.97. The predicted octanol–water partition coefficient (Wildman–Crippen LogP) is 1.56. The Bertz CT molecular complexity index is 424. The highest BCUT2D eigenvalue weighted by Gasteiger charge is 2.15. The molecule has 2 amide bonds. The van der Waals surface area contributed by atoms with E-state index in [1.807, 2.05) is 0 Å². The van der Waals surface area contributed by atoms with Crippen molar-refractivity contribution in [1.29, 1.82) is 0 Å². The van der Waals surface area contributed by atoms with E-state index in [1.165, 1.54) is 0 Å². The summed E-state index contributed by atoms with van der Waals surface area (Å²) in [6.45, 7) is 3.43. The number of ketones is 1. The number of rotatable bonds is 4. The van der Waals surface area contributed by atoms with Crippen molar-refractivity contribution in [3.05, 3.63) is 35.9 Å². The van der Waals surface area contributed by atoms with Gasteiger partial charge in [-0.3, -0.25) is 19.7 Å². The first-order valence-corrected chi connectivity index (χ1v) is 5.42. The second-order valence-corrected chi connectivity index (χ2v) is 4.04. The van der Waals surface area contributed by atoms with E-state index in [4.69, 9.17) is 0 Å². The zero-order chi connectivity index (χ0) is 12.8. The number of Topliss-reactive ketones (excluding diaryl/α,β-unsaturated/α-hetero) is 1. The van der Waals surface area contributed by atoms with E-state index < -0.39 is 11.8 Å². The van der Waals surface area contributed by atoms with Gasteiger partial charge in [0.2, 0.25) is 5.91 Å². The Morgan fingerprint density at radius 3 is 2.24 bits per heavy atom. The van der Waals surface area contributed by atoms with Crippen LogP contribution in [0.5, 0.6) is 0 Å². The lowest BCUT2D eigenvalue weighted by atomic mass is 10.1. The normalized spacial score (nSPS) is 10.1. The molecule has 4 nitrogen and oxygen atoms in total. The van der Waals surface area contributed by atoms with Crippen LogP contribution in [0.15, 0.2) is 30.3 Å². The molecule has 0 heterocycles. The van der Waals surface area contributed by atoms with Crippen LogP contribution in [0.4, 0.5) is 0 Å². The molecule has 90 valence electrons. The van der Waals surface area contributed by atoms with Crippen LogP contribution >= 0.6 is 0 Å². The van der Waals surface area contributed by atoms with Crippen molar-refractivity contribution in [3.8, 4) is 0 Å². The molecule has 17 heavy (non-hydrogen) atoms. The number of amides is 2. The standard InChI is InChI=1S/C13H15NO3/c1-9(2)11(15)8-12(16)14-13(17)10-6-4-3-5-7-10/h3-7,9H,8H2,1-2H3,(H,14,16,17). The van der Waals surface area contributed by atoms with Crippen LogP contribution in [0.2, 0.25) is 0 Å². The van der Waals surface area contributed by atoms with Gasteiger partial charge in [-0.05, 0) is 12.1 Å². The molecule has 0 aliphatic rings. The van der Waals surface area contributed by atoms with E-state index in [2.05, 4.69) is 5.32 Å². The van der Waals surface area contributed by atoms with Gasteiger partial charge in [0.15, 0.2) is 0 Å². The van der Waals surface area contributed by atoms with Gasteiger partial charge >= 0.3 is 0 Å². The van der Waals surface area contributed by atoms with Crippen molar-refractivity contribution in [2.24, 2.45) is 5.92 Å². The maximum Gasteiger partial charge on any atom is 0.257 e. The Morgan fingerprint density at radius 1 is 1.12 bits per heavy atom. The topological polar surface area (TPSA) is 63.2 Å². The second-order valence-electron chi connectivity index (χ2n) is 4.04. The van der Waals surface area contributed by atoms with E-state index >= 15 is 0 Å². The Morgan fingerprint density at radius 2 is 1.71 bits per heavy atom. The molecular weight excluding hydrogens is 218 g/mol. The van der Waals surface area contributed by atoms with Crippen LogP contribution in [0.3, 0.4) is 0 Å². The quantitative estimate of drug-likeness (QED) is 0.803. The number of carbonyl (C=O) groups is 3. The summed E-state index contributed by atoms with van der Waals surface area (Å²) in [7, 11) is 0. The molecule has 0 atom stereocenters. The number of imide groups is 1. The minimum absolute atomic E-state index is 0.177. The molecule has 1 aromatic carbocycles. The average Bonchev–Trinajstić information content (AvgIpc) is 2.29. The third kappa shape index (κ3) is 4.18. The lowest BCUT2D eigenvalue weighted by molar-refractivity contribution is -0.129. The van der Waals surface area contributed by atoms with Gasteiger partial charge in [0.25, 0.3) is 5.91 Å². The molecule has 0 saturated carbocycles. The maximum atomic E-state index is 11.6. The van der Waals surface area contributed by atoms with Gasteiger partial charge in [-0.2, -0.15) is 0 Å². The van der Waals surface area contributed by atoms with Crippen LogP contribution in [-0.2, 0) is 9.59 Å². The lowest BCUT2D eigenvalue weighted by Crippen LogP contribution is -2.32. The van der Waals surface area contributed by atoms with E-state index in [0.717, 1.165) is 0 Å².